The molecule has 2 aliphatic rings. The van der Waals surface area contributed by atoms with E-state index < -0.39 is 32.0 Å². The van der Waals surface area contributed by atoms with Crippen LogP contribution in [0.2, 0.25) is 0 Å². The molecule has 1 amide bonds. The molecule has 1 N–H and O–H groups in total. The van der Waals surface area contributed by atoms with Gasteiger partial charge in [-0.3, -0.25) is 4.79 Å². The molecule has 4 aromatic rings. The minimum absolute atomic E-state index is 0.00486. The number of morpholine rings is 1. The van der Waals surface area contributed by atoms with Crippen LogP contribution in [0.1, 0.15) is 22.6 Å². The zero-order valence-electron chi connectivity index (χ0n) is 24.6. The maximum absolute atomic E-state index is 13.8. The van der Waals surface area contributed by atoms with E-state index in [1.807, 2.05) is 0 Å². The second-order valence-corrected chi connectivity index (χ2v) is 14.9. The van der Waals surface area contributed by atoms with Gasteiger partial charge < -0.3 is 19.8 Å². The Balaban J connectivity index is 1.25. The summed E-state index contributed by atoms with van der Waals surface area (Å²) in [6, 6.07) is 9.05. The van der Waals surface area contributed by atoms with E-state index in [4.69, 9.17) is 11.2 Å². The molecule has 0 aliphatic carbocycles. The van der Waals surface area contributed by atoms with Gasteiger partial charge in [0, 0.05) is 85.3 Å². The van der Waals surface area contributed by atoms with Gasteiger partial charge in [-0.1, -0.05) is 5.92 Å². The van der Waals surface area contributed by atoms with Crippen molar-refractivity contribution >= 4 is 36.9 Å². The standard InChI is InChI=1S/C30H31N7O7S2/c1-2-22-3-4-27-24(17-22)18-28(33-27)46(42,43)36-10-11-37(26(21-36)7-16-45(40,41)35-12-14-44-15-13-35)30(38)29-31-19-25(20-32-29)23-5-8-34(39)9-6-23/h1,3-6,8-9,17-20,26,33H,7,10-16,21H2. The van der Waals surface area contributed by atoms with Gasteiger partial charge in [0.25, 0.3) is 15.9 Å². The first-order chi connectivity index (χ1) is 22.0. The fourth-order valence-electron chi connectivity index (χ4n) is 5.59. The van der Waals surface area contributed by atoms with Crippen LogP contribution in [-0.4, -0.2) is 109 Å². The lowest BCUT2D eigenvalue weighted by Gasteiger charge is -2.40. The molecule has 5 heterocycles. The summed E-state index contributed by atoms with van der Waals surface area (Å²) >= 11 is 0. The Labute approximate surface area is 266 Å². The van der Waals surface area contributed by atoms with E-state index >= 15 is 0 Å². The average molecular weight is 666 g/mol. The number of benzene rings is 1. The molecular formula is C30H31N7O7S2. The number of ether oxygens (including phenoxy) is 1. The van der Waals surface area contributed by atoms with Gasteiger partial charge in [-0.15, -0.1) is 6.42 Å². The first-order valence-electron chi connectivity index (χ1n) is 14.5. The number of sulfonamides is 2. The van der Waals surface area contributed by atoms with E-state index in [9.17, 15) is 26.8 Å². The third kappa shape index (κ3) is 6.46. The molecule has 1 aromatic carbocycles. The molecule has 0 saturated carbocycles. The van der Waals surface area contributed by atoms with Gasteiger partial charge in [0.15, 0.2) is 12.4 Å². The Morgan fingerprint density at radius 3 is 2.41 bits per heavy atom. The summed E-state index contributed by atoms with van der Waals surface area (Å²) in [4.78, 5) is 26.6. The second kappa shape index (κ2) is 12.8. The summed E-state index contributed by atoms with van der Waals surface area (Å²) in [5.74, 6) is 1.59. The number of hydrogen-bond acceptors (Lipinski definition) is 9. The number of rotatable bonds is 8. The van der Waals surface area contributed by atoms with E-state index in [1.54, 1.807) is 30.3 Å². The highest BCUT2D eigenvalue weighted by Gasteiger charge is 2.39. The van der Waals surface area contributed by atoms with Crippen molar-refractivity contribution in [1.29, 1.82) is 0 Å². The van der Waals surface area contributed by atoms with E-state index in [0.29, 0.717) is 45.5 Å². The van der Waals surface area contributed by atoms with Crippen LogP contribution < -0.4 is 4.73 Å². The third-order valence-corrected chi connectivity index (χ3v) is 11.8. The monoisotopic (exact) mass is 665 g/mol. The molecule has 16 heteroatoms. The van der Waals surface area contributed by atoms with Gasteiger partial charge in [0.1, 0.15) is 5.03 Å². The molecule has 1 unspecified atom stereocenters. The molecule has 0 bridgehead atoms. The summed E-state index contributed by atoms with van der Waals surface area (Å²) in [7, 11) is -7.74. The topological polar surface area (TPSA) is 173 Å². The van der Waals surface area contributed by atoms with E-state index in [2.05, 4.69) is 20.9 Å². The van der Waals surface area contributed by atoms with Crippen molar-refractivity contribution in [1.82, 2.24) is 28.5 Å². The minimum Gasteiger partial charge on any atom is -0.619 e. The van der Waals surface area contributed by atoms with Gasteiger partial charge in [-0.25, -0.2) is 26.8 Å². The first-order valence-corrected chi connectivity index (χ1v) is 17.6. The highest BCUT2D eigenvalue weighted by molar-refractivity contribution is 7.89. The number of fused-ring (bicyclic) bond motifs is 1. The van der Waals surface area contributed by atoms with E-state index in [1.165, 1.54) is 44.4 Å². The van der Waals surface area contributed by atoms with Crippen molar-refractivity contribution in [3.05, 3.63) is 77.8 Å². The Morgan fingerprint density at radius 2 is 1.72 bits per heavy atom. The number of pyridine rings is 1. The van der Waals surface area contributed by atoms with E-state index in [0.717, 1.165) is 0 Å². The molecule has 240 valence electrons. The van der Waals surface area contributed by atoms with Crippen LogP contribution in [-0.2, 0) is 24.8 Å². The molecule has 0 spiro atoms. The predicted molar refractivity (Wildman–Crippen MR) is 167 cm³/mol. The number of nitrogens with one attached hydrogen (secondary N) is 1. The van der Waals surface area contributed by atoms with Gasteiger partial charge in [-0.05, 0) is 36.2 Å². The third-order valence-electron chi connectivity index (χ3n) is 8.14. The number of aromatic amines is 1. The summed E-state index contributed by atoms with van der Waals surface area (Å²) in [5.41, 5.74) is 2.49. The quantitative estimate of drug-likeness (QED) is 0.162. The van der Waals surface area contributed by atoms with Crippen LogP contribution in [0.4, 0.5) is 0 Å². The molecule has 46 heavy (non-hydrogen) atoms. The smallest absolute Gasteiger partial charge is 0.291 e. The predicted octanol–water partition coefficient (Wildman–Crippen LogP) is 0.807. The van der Waals surface area contributed by atoms with Crippen LogP contribution in [0.3, 0.4) is 0 Å². The van der Waals surface area contributed by atoms with Crippen LogP contribution >= 0.6 is 0 Å². The lowest BCUT2D eigenvalue weighted by molar-refractivity contribution is -0.605. The normalized spacial score (nSPS) is 18.4. The van der Waals surface area contributed by atoms with Gasteiger partial charge in [-0.2, -0.15) is 13.3 Å². The number of aromatic nitrogens is 4. The molecule has 1 atom stereocenters. The second-order valence-electron chi connectivity index (χ2n) is 11.0. The number of carbonyl (C=O) groups excluding carboxylic acids is 1. The van der Waals surface area contributed by atoms with Crippen LogP contribution in [0.25, 0.3) is 22.0 Å². The summed E-state index contributed by atoms with van der Waals surface area (Å²) in [5, 5.41) is 12.0. The fourth-order valence-corrected chi connectivity index (χ4v) is 8.61. The molecular weight excluding hydrogens is 635 g/mol. The number of hydrogen-bond donors (Lipinski definition) is 1. The molecule has 2 aliphatic heterocycles. The maximum Gasteiger partial charge on any atom is 0.291 e. The molecule has 6 rings (SSSR count). The fraction of sp³-hybridized carbons (Fsp3) is 0.333. The largest absolute Gasteiger partial charge is 0.619 e. The lowest BCUT2D eigenvalue weighted by Crippen LogP contribution is -2.57. The van der Waals surface area contributed by atoms with Gasteiger partial charge in [0.2, 0.25) is 15.8 Å². The molecule has 2 saturated heterocycles. The van der Waals surface area contributed by atoms with Crippen molar-refractivity contribution in [3.8, 4) is 23.5 Å². The van der Waals surface area contributed by atoms with Crippen molar-refractivity contribution in [2.45, 2.75) is 17.5 Å². The Morgan fingerprint density at radius 1 is 1.00 bits per heavy atom. The van der Waals surface area contributed by atoms with Crippen LogP contribution in [0.5, 0.6) is 0 Å². The lowest BCUT2D eigenvalue weighted by atomic mass is 10.1. The zero-order valence-corrected chi connectivity index (χ0v) is 26.3. The van der Waals surface area contributed by atoms with Crippen molar-refractivity contribution < 1.29 is 31.1 Å². The zero-order chi connectivity index (χ0) is 32.5. The molecule has 2 fully saturated rings. The number of piperazine rings is 1. The van der Waals surface area contributed by atoms with Crippen molar-refractivity contribution in [3.63, 3.8) is 0 Å². The van der Waals surface area contributed by atoms with Crippen molar-refractivity contribution in [2.24, 2.45) is 0 Å². The average Bonchev–Trinajstić information content (AvgIpc) is 3.52. The number of amides is 1. The Kier molecular flexibility index (Phi) is 8.77. The molecule has 3 aromatic heterocycles. The number of carbonyl (C=O) groups is 1. The highest BCUT2D eigenvalue weighted by Crippen LogP contribution is 2.26. The molecule has 14 nitrogen and oxygen atoms in total. The first kappa shape index (κ1) is 31.6. The number of H-pyrrole nitrogens is 1. The van der Waals surface area contributed by atoms with Gasteiger partial charge in [0.05, 0.1) is 19.0 Å². The summed E-state index contributed by atoms with van der Waals surface area (Å²) < 4.78 is 62.5. The minimum atomic E-state index is -4.05. The highest BCUT2D eigenvalue weighted by atomic mass is 32.2. The SMILES string of the molecule is C#Cc1ccc2[nH]c(S(=O)(=O)N3CCN(C(=O)c4ncc(-c5cc[n+]([O-])cc5)cn4)C(CCS(=O)(=O)N4CCOCC4)C3)cc2c1. The van der Waals surface area contributed by atoms with Gasteiger partial charge >= 0.3 is 0 Å². The maximum atomic E-state index is 13.8. The number of terminal acetylenes is 1. The van der Waals surface area contributed by atoms with Crippen LogP contribution in [0, 0.1) is 17.6 Å². The summed E-state index contributed by atoms with van der Waals surface area (Å²) in [6.07, 6.45) is 11.1. The van der Waals surface area contributed by atoms with E-state index in [-0.39, 0.29) is 55.7 Å². The van der Waals surface area contributed by atoms with Crippen LogP contribution in [0.15, 0.2) is 66.2 Å². The summed E-state index contributed by atoms with van der Waals surface area (Å²) in [6.45, 7) is 0.884. The van der Waals surface area contributed by atoms with Crippen molar-refractivity contribution in [2.75, 3.05) is 51.7 Å². The number of nitrogens with zero attached hydrogens (tertiary/aromatic N) is 6. The Bertz CT molecular complexity index is 2000. The molecule has 0 radical (unpaired) electrons. The Hall–Kier alpha value is -4.40.